The molecule has 0 spiro atoms. The molecule has 0 aliphatic rings. The van der Waals surface area contributed by atoms with Gasteiger partial charge < -0.3 is 0 Å². The number of imidazole rings is 1. The third-order valence-corrected chi connectivity index (χ3v) is 2.07. The number of fused-ring (bicyclic) bond motifs is 1. The number of hydrogen-bond donors (Lipinski definition) is 0. The molecular formula is C11H11N3. The van der Waals surface area contributed by atoms with E-state index in [4.69, 9.17) is 0 Å². The summed E-state index contributed by atoms with van der Waals surface area (Å²) in [6.07, 6.45) is 0. The monoisotopic (exact) mass is 185 g/mol. The Balaban J connectivity index is 2.87. The molecule has 2 aromatic rings. The minimum absolute atomic E-state index is 0.596. The van der Waals surface area contributed by atoms with E-state index in [0.717, 1.165) is 16.7 Å². The summed E-state index contributed by atoms with van der Waals surface area (Å²) in [6, 6.07) is 7.86. The maximum atomic E-state index is 4.33. The Bertz CT molecular complexity index is 508. The van der Waals surface area contributed by atoms with Gasteiger partial charge >= 0.3 is 0 Å². The van der Waals surface area contributed by atoms with Crippen LogP contribution in [0.1, 0.15) is 6.92 Å². The Morgan fingerprint density at radius 1 is 1.43 bits per heavy atom. The lowest BCUT2D eigenvalue weighted by molar-refractivity contribution is 1.10. The summed E-state index contributed by atoms with van der Waals surface area (Å²) >= 11 is 0. The highest BCUT2D eigenvalue weighted by atomic mass is 15.2. The highest BCUT2D eigenvalue weighted by Crippen LogP contribution is 2.24. The van der Waals surface area contributed by atoms with Gasteiger partial charge in [-0.25, -0.2) is 9.98 Å². The first-order valence-corrected chi connectivity index (χ1v) is 4.34. The number of para-hydroxylation sites is 2. The van der Waals surface area contributed by atoms with Crippen molar-refractivity contribution in [3.8, 4) is 0 Å². The van der Waals surface area contributed by atoms with Crippen molar-refractivity contribution >= 4 is 29.4 Å². The van der Waals surface area contributed by atoms with Crippen molar-refractivity contribution < 1.29 is 0 Å². The summed E-state index contributed by atoms with van der Waals surface area (Å²) in [5.41, 5.74) is 2.82. The van der Waals surface area contributed by atoms with Gasteiger partial charge in [-0.1, -0.05) is 18.7 Å². The van der Waals surface area contributed by atoms with Crippen molar-refractivity contribution in [2.24, 2.45) is 4.99 Å². The molecule has 0 aliphatic carbocycles. The molecule has 0 amide bonds. The molecule has 0 radical (unpaired) electrons. The van der Waals surface area contributed by atoms with Crippen molar-refractivity contribution in [2.45, 2.75) is 6.92 Å². The molecule has 3 heteroatoms. The Kier molecular flexibility index (Phi) is 1.93. The molecule has 0 atom stereocenters. The Labute approximate surface area is 82.4 Å². The van der Waals surface area contributed by atoms with E-state index < -0.39 is 0 Å². The number of aliphatic imine (C=N–C) groups is 1. The highest BCUT2D eigenvalue weighted by Gasteiger charge is 2.08. The van der Waals surface area contributed by atoms with Crippen LogP contribution in [0.5, 0.6) is 0 Å². The average molecular weight is 185 g/mol. The molecule has 2 rings (SSSR count). The molecule has 0 bridgehead atoms. The standard InChI is InChI=1S/C11H11N3/c1-8(2)14-10-7-5-4-6-9(10)13-11(14)12-3/h4-7H,1,3H2,2H3. The first-order chi connectivity index (χ1) is 6.74. The van der Waals surface area contributed by atoms with E-state index in [9.17, 15) is 0 Å². The van der Waals surface area contributed by atoms with E-state index in [2.05, 4.69) is 23.3 Å². The van der Waals surface area contributed by atoms with Gasteiger partial charge in [0.15, 0.2) is 0 Å². The number of nitrogens with zero attached hydrogens (tertiary/aromatic N) is 3. The Morgan fingerprint density at radius 2 is 2.14 bits per heavy atom. The molecule has 0 unspecified atom stereocenters. The fourth-order valence-electron chi connectivity index (χ4n) is 1.50. The van der Waals surface area contributed by atoms with Crippen LogP contribution in [0.15, 0.2) is 35.8 Å². The largest absolute Gasteiger partial charge is 0.282 e. The van der Waals surface area contributed by atoms with Crippen LogP contribution in [-0.4, -0.2) is 16.3 Å². The zero-order chi connectivity index (χ0) is 10.1. The van der Waals surface area contributed by atoms with Gasteiger partial charge in [-0.2, -0.15) is 0 Å². The molecular weight excluding hydrogens is 174 g/mol. The minimum atomic E-state index is 0.596. The Hall–Kier alpha value is -1.90. The smallest absolute Gasteiger partial charge is 0.234 e. The second-order valence-electron chi connectivity index (χ2n) is 3.13. The van der Waals surface area contributed by atoms with Crippen LogP contribution in [0.3, 0.4) is 0 Å². The second-order valence-corrected chi connectivity index (χ2v) is 3.13. The molecule has 0 N–H and O–H groups in total. The molecule has 1 aromatic heterocycles. The molecule has 1 aromatic carbocycles. The van der Waals surface area contributed by atoms with Crippen LogP contribution in [0.25, 0.3) is 16.7 Å². The van der Waals surface area contributed by atoms with Crippen molar-refractivity contribution in [3.05, 3.63) is 30.8 Å². The van der Waals surface area contributed by atoms with Gasteiger partial charge in [0.1, 0.15) is 0 Å². The number of aromatic nitrogens is 2. The fraction of sp³-hybridized carbons (Fsp3) is 0.0909. The third kappa shape index (κ3) is 1.14. The lowest BCUT2D eigenvalue weighted by Gasteiger charge is -2.03. The number of benzene rings is 1. The zero-order valence-electron chi connectivity index (χ0n) is 8.07. The number of hydrogen-bond acceptors (Lipinski definition) is 2. The Morgan fingerprint density at radius 3 is 2.79 bits per heavy atom. The van der Waals surface area contributed by atoms with E-state index in [1.807, 2.05) is 35.8 Å². The van der Waals surface area contributed by atoms with E-state index >= 15 is 0 Å². The summed E-state index contributed by atoms with van der Waals surface area (Å²) < 4.78 is 1.89. The first-order valence-electron chi connectivity index (χ1n) is 4.34. The van der Waals surface area contributed by atoms with Crippen LogP contribution < -0.4 is 0 Å². The molecule has 0 aliphatic heterocycles. The van der Waals surface area contributed by atoms with E-state index in [1.54, 1.807) is 0 Å². The quantitative estimate of drug-likeness (QED) is 0.661. The topological polar surface area (TPSA) is 30.2 Å². The van der Waals surface area contributed by atoms with Gasteiger partial charge in [-0.05, 0) is 25.8 Å². The summed E-state index contributed by atoms with van der Waals surface area (Å²) in [5.74, 6) is 0.596. The SMILES string of the molecule is C=Nc1nc2ccccc2n1C(=C)C. The summed E-state index contributed by atoms with van der Waals surface area (Å²) in [4.78, 5) is 8.20. The maximum Gasteiger partial charge on any atom is 0.234 e. The van der Waals surface area contributed by atoms with Gasteiger partial charge in [0.2, 0.25) is 5.95 Å². The molecule has 0 saturated carbocycles. The zero-order valence-corrected chi connectivity index (χ0v) is 8.07. The van der Waals surface area contributed by atoms with Crippen molar-refractivity contribution in [3.63, 3.8) is 0 Å². The van der Waals surface area contributed by atoms with Crippen molar-refractivity contribution in [2.75, 3.05) is 0 Å². The molecule has 0 fully saturated rings. The van der Waals surface area contributed by atoms with E-state index in [1.165, 1.54) is 0 Å². The molecule has 0 saturated heterocycles. The molecule has 14 heavy (non-hydrogen) atoms. The normalized spacial score (nSPS) is 10.4. The van der Waals surface area contributed by atoms with Crippen LogP contribution in [0.2, 0.25) is 0 Å². The van der Waals surface area contributed by atoms with Gasteiger partial charge in [0.05, 0.1) is 11.0 Å². The molecule has 3 nitrogen and oxygen atoms in total. The fourth-order valence-corrected chi connectivity index (χ4v) is 1.50. The predicted molar refractivity (Wildman–Crippen MR) is 59.9 cm³/mol. The van der Waals surface area contributed by atoms with E-state index in [0.29, 0.717) is 5.95 Å². The van der Waals surface area contributed by atoms with Gasteiger partial charge in [0.25, 0.3) is 0 Å². The molecule has 1 heterocycles. The first kappa shape index (κ1) is 8.69. The average Bonchev–Trinajstić information content (AvgIpc) is 2.55. The summed E-state index contributed by atoms with van der Waals surface area (Å²) in [5, 5.41) is 0. The predicted octanol–water partition coefficient (Wildman–Crippen LogP) is 2.86. The lowest BCUT2D eigenvalue weighted by atomic mass is 10.3. The maximum absolute atomic E-state index is 4.33. The third-order valence-electron chi connectivity index (χ3n) is 2.07. The van der Waals surface area contributed by atoms with E-state index in [-0.39, 0.29) is 0 Å². The van der Waals surface area contributed by atoms with Crippen molar-refractivity contribution in [1.29, 1.82) is 0 Å². The van der Waals surface area contributed by atoms with Gasteiger partial charge in [-0.15, -0.1) is 0 Å². The van der Waals surface area contributed by atoms with Crippen LogP contribution >= 0.6 is 0 Å². The van der Waals surface area contributed by atoms with Gasteiger partial charge in [0, 0.05) is 5.70 Å². The highest BCUT2D eigenvalue weighted by molar-refractivity contribution is 5.82. The van der Waals surface area contributed by atoms with Crippen LogP contribution in [-0.2, 0) is 0 Å². The van der Waals surface area contributed by atoms with Crippen LogP contribution in [0, 0.1) is 0 Å². The number of allylic oxidation sites excluding steroid dienone is 1. The lowest BCUT2D eigenvalue weighted by Crippen LogP contribution is -1.90. The van der Waals surface area contributed by atoms with Crippen LogP contribution in [0.4, 0.5) is 5.95 Å². The minimum Gasteiger partial charge on any atom is -0.282 e. The number of rotatable bonds is 2. The summed E-state index contributed by atoms with van der Waals surface area (Å²) in [6.45, 7) is 9.31. The van der Waals surface area contributed by atoms with Crippen molar-refractivity contribution in [1.82, 2.24) is 9.55 Å². The molecule has 70 valence electrons. The second kappa shape index (κ2) is 3.10. The summed E-state index contributed by atoms with van der Waals surface area (Å²) in [7, 11) is 0. The van der Waals surface area contributed by atoms with Gasteiger partial charge in [-0.3, -0.25) is 4.57 Å².